The van der Waals surface area contributed by atoms with E-state index in [0.29, 0.717) is 0 Å². The van der Waals surface area contributed by atoms with E-state index in [-0.39, 0.29) is 26.2 Å². The van der Waals surface area contributed by atoms with Crippen molar-refractivity contribution in [2.45, 2.75) is 19.6 Å². The number of hydrogen-bond acceptors (Lipinski definition) is 7. The molecular formula is C18H24N4O7. The van der Waals surface area contributed by atoms with Gasteiger partial charge in [0, 0.05) is 0 Å². The second-order valence-corrected chi connectivity index (χ2v) is 5.78. The maximum absolute atomic E-state index is 11.9. The highest BCUT2D eigenvalue weighted by Crippen LogP contribution is 2.00. The summed E-state index contributed by atoms with van der Waals surface area (Å²) in [6.45, 7) is 0.396. The van der Waals surface area contributed by atoms with Gasteiger partial charge in [-0.25, -0.2) is 4.79 Å². The fourth-order valence-corrected chi connectivity index (χ4v) is 1.91. The molecule has 11 heteroatoms. The van der Waals surface area contributed by atoms with E-state index in [1.165, 1.54) is 14.0 Å². The minimum Gasteiger partial charge on any atom is -0.468 e. The van der Waals surface area contributed by atoms with E-state index in [1.807, 2.05) is 6.07 Å². The summed E-state index contributed by atoms with van der Waals surface area (Å²) in [5.74, 6) is -2.44. The normalized spacial score (nSPS) is 10.8. The van der Waals surface area contributed by atoms with Crippen molar-refractivity contribution in [1.82, 2.24) is 21.3 Å². The molecule has 4 amide bonds. The van der Waals surface area contributed by atoms with Gasteiger partial charge in [0.1, 0.15) is 25.7 Å². The van der Waals surface area contributed by atoms with E-state index >= 15 is 0 Å². The third kappa shape index (κ3) is 10.3. The number of rotatable bonds is 10. The summed E-state index contributed by atoms with van der Waals surface area (Å²) in [4.78, 5) is 57.6. The highest BCUT2D eigenvalue weighted by molar-refractivity contribution is 5.91. The van der Waals surface area contributed by atoms with Crippen LogP contribution >= 0.6 is 0 Å². The molecule has 1 atom stereocenters. The van der Waals surface area contributed by atoms with Crippen molar-refractivity contribution in [3.05, 3.63) is 35.9 Å². The van der Waals surface area contributed by atoms with Gasteiger partial charge >= 0.3 is 12.1 Å². The van der Waals surface area contributed by atoms with Crippen LogP contribution < -0.4 is 21.3 Å². The Morgan fingerprint density at radius 3 is 2.21 bits per heavy atom. The van der Waals surface area contributed by atoms with Gasteiger partial charge in [0.05, 0.1) is 13.7 Å². The largest absolute Gasteiger partial charge is 0.468 e. The van der Waals surface area contributed by atoms with Gasteiger partial charge in [0.2, 0.25) is 17.7 Å². The Kier molecular flexibility index (Phi) is 10.3. The van der Waals surface area contributed by atoms with E-state index in [9.17, 15) is 24.0 Å². The Hall–Kier alpha value is -3.63. The van der Waals surface area contributed by atoms with Crippen molar-refractivity contribution in [2.75, 3.05) is 26.7 Å². The molecule has 4 N–H and O–H groups in total. The van der Waals surface area contributed by atoms with Crippen LogP contribution in [0.1, 0.15) is 12.5 Å². The van der Waals surface area contributed by atoms with Crippen LogP contribution in [0.5, 0.6) is 0 Å². The van der Waals surface area contributed by atoms with Crippen LogP contribution in [0, 0.1) is 0 Å². The van der Waals surface area contributed by atoms with Gasteiger partial charge < -0.3 is 30.7 Å². The highest BCUT2D eigenvalue weighted by Gasteiger charge is 2.17. The lowest BCUT2D eigenvalue weighted by atomic mass is 10.2. The molecule has 158 valence electrons. The molecule has 1 rings (SSSR count). The Bertz CT molecular complexity index is 724. The van der Waals surface area contributed by atoms with Crippen LogP contribution in [0.4, 0.5) is 4.79 Å². The van der Waals surface area contributed by atoms with Crippen LogP contribution in [0.15, 0.2) is 30.3 Å². The molecule has 1 unspecified atom stereocenters. The first-order chi connectivity index (χ1) is 13.8. The summed E-state index contributed by atoms with van der Waals surface area (Å²) in [5.41, 5.74) is 0.799. The fraction of sp³-hybridized carbons (Fsp3) is 0.389. The SMILES string of the molecule is COC(=O)CNC(=O)CNC(=O)C(C)NC(=O)CNC(=O)OCc1ccccc1. The van der Waals surface area contributed by atoms with Crippen LogP contribution in [0.2, 0.25) is 0 Å². The standard InChI is InChI=1S/C18H24N4O7/c1-12(17(26)20-8-14(23)19-10-16(25)28-2)22-15(24)9-21-18(27)29-11-13-6-4-3-5-7-13/h3-7,12H,8-11H2,1-2H3,(H,19,23)(H,20,26)(H,21,27)(H,22,24). The van der Waals surface area contributed by atoms with Crippen LogP contribution in [-0.2, 0) is 35.3 Å². The van der Waals surface area contributed by atoms with Gasteiger partial charge in [0.15, 0.2) is 0 Å². The lowest BCUT2D eigenvalue weighted by molar-refractivity contribution is -0.141. The van der Waals surface area contributed by atoms with Crippen LogP contribution in [0.3, 0.4) is 0 Å². The molecular weight excluding hydrogens is 384 g/mol. The second kappa shape index (κ2) is 12.7. The minimum absolute atomic E-state index is 0.0607. The number of carbonyl (C=O) groups excluding carboxylic acids is 5. The Morgan fingerprint density at radius 1 is 0.897 bits per heavy atom. The maximum Gasteiger partial charge on any atom is 0.407 e. The van der Waals surface area contributed by atoms with Gasteiger partial charge in [-0.2, -0.15) is 0 Å². The van der Waals surface area contributed by atoms with Crippen molar-refractivity contribution in [2.24, 2.45) is 0 Å². The molecule has 0 aliphatic heterocycles. The number of amides is 4. The van der Waals surface area contributed by atoms with E-state index < -0.39 is 35.8 Å². The summed E-state index contributed by atoms with van der Waals surface area (Å²) >= 11 is 0. The molecule has 0 heterocycles. The summed E-state index contributed by atoms with van der Waals surface area (Å²) in [7, 11) is 1.18. The van der Waals surface area contributed by atoms with Crippen molar-refractivity contribution in [3.8, 4) is 0 Å². The Labute approximate surface area is 167 Å². The summed E-state index contributed by atoms with van der Waals surface area (Å²) in [5, 5.41) is 9.18. The summed E-state index contributed by atoms with van der Waals surface area (Å²) in [6.07, 6.45) is -0.775. The molecule has 1 aromatic carbocycles. The van der Waals surface area contributed by atoms with E-state index in [1.54, 1.807) is 24.3 Å². The molecule has 0 saturated heterocycles. The molecule has 1 aromatic rings. The first-order valence-electron chi connectivity index (χ1n) is 8.67. The number of benzene rings is 1. The van der Waals surface area contributed by atoms with Gasteiger partial charge in [-0.05, 0) is 12.5 Å². The van der Waals surface area contributed by atoms with Crippen molar-refractivity contribution >= 4 is 29.8 Å². The second-order valence-electron chi connectivity index (χ2n) is 5.78. The monoisotopic (exact) mass is 408 g/mol. The first-order valence-corrected chi connectivity index (χ1v) is 8.67. The quantitative estimate of drug-likeness (QED) is 0.356. The molecule has 0 spiro atoms. The Balaban J connectivity index is 2.21. The average Bonchev–Trinajstić information content (AvgIpc) is 2.73. The molecule has 0 aliphatic carbocycles. The predicted molar refractivity (Wildman–Crippen MR) is 100 cm³/mol. The number of nitrogens with one attached hydrogen (secondary N) is 4. The molecule has 0 saturated carbocycles. The number of hydrogen-bond donors (Lipinski definition) is 4. The van der Waals surface area contributed by atoms with Crippen LogP contribution in [-0.4, -0.2) is 62.6 Å². The zero-order valence-corrected chi connectivity index (χ0v) is 16.2. The summed E-state index contributed by atoms with van der Waals surface area (Å²) in [6, 6.07) is 8.07. The van der Waals surface area contributed by atoms with Gasteiger partial charge in [-0.3, -0.25) is 19.2 Å². The van der Waals surface area contributed by atoms with Crippen molar-refractivity contribution < 1.29 is 33.4 Å². The van der Waals surface area contributed by atoms with Crippen LogP contribution in [0.25, 0.3) is 0 Å². The van der Waals surface area contributed by atoms with E-state index in [0.717, 1.165) is 5.56 Å². The number of alkyl carbamates (subject to hydrolysis) is 1. The van der Waals surface area contributed by atoms with Gasteiger partial charge in [-0.1, -0.05) is 30.3 Å². The third-order valence-electron chi connectivity index (χ3n) is 3.46. The topological polar surface area (TPSA) is 152 Å². The lowest BCUT2D eigenvalue weighted by Crippen LogP contribution is -2.49. The molecule has 29 heavy (non-hydrogen) atoms. The average molecular weight is 408 g/mol. The van der Waals surface area contributed by atoms with E-state index in [4.69, 9.17) is 4.74 Å². The smallest absolute Gasteiger partial charge is 0.407 e. The molecule has 0 radical (unpaired) electrons. The zero-order chi connectivity index (χ0) is 21.6. The number of ether oxygens (including phenoxy) is 2. The number of methoxy groups -OCH3 is 1. The minimum atomic E-state index is -0.946. The van der Waals surface area contributed by atoms with Crippen molar-refractivity contribution in [1.29, 1.82) is 0 Å². The van der Waals surface area contributed by atoms with Gasteiger partial charge in [-0.15, -0.1) is 0 Å². The third-order valence-corrected chi connectivity index (χ3v) is 3.46. The fourth-order valence-electron chi connectivity index (χ4n) is 1.91. The first kappa shape index (κ1) is 23.4. The summed E-state index contributed by atoms with van der Waals surface area (Å²) < 4.78 is 9.32. The molecule has 0 bridgehead atoms. The lowest BCUT2D eigenvalue weighted by Gasteiger charge is -2.14. The van der Waals surface area contributed by atoms with Crippen molar-refractivity contribution in [3.63, 3.8) is 0 Å². The maximum atomic E-state index is 11.9. The number of carbonyl (C=O) groups is 5. The van der Waals surface area contributed by atoms with Gasteiger partial charge in [0.25, 0.3) is 0 Å². The molecule has 0 aromatic heterocycles. The highest BCUT2D eigenvalue weighted by atomic mass is 16.5. The predicted octanol–water partition coefficient (Wildman–Crippen LogP) is -1.18. The molecule has 0 aliphatic rings. The molecule has 11 nitrogen and oxygen atoms in total. The molecule has 0 fully saturated rings. The number of esters is 1. The Morgan fingerprint density at radius 2 is 1.55 bits per heavy atom. The van der Waals surface area contributed by atoms with E-state index in [2.05, 4.69) is 26.0 Å². The zero-order valence-electron chi connectivity index (χ0n) is 16.2.